The molecule has 6 atom stereocenters. The molecule has 0 aliphatic heterocycles. The van der Waals surface area contributed by atoms with Crippen LogP contribution in [0, 0.1) is 0 Å². The van der Waals surface area contributed by atoms with Gasteiger partial charge in [-0.2, -0.15) is 0 Å². The first-order valence-corrected chi connectivity index (χ1v) is 6.66. The van der Waals surface area contributed by atoms with Gasteiger partial charge in [0.1, 0.15) is 49.8 Å². The van der Waals surface area contributed by atoms with Gasteiger partial charge in [-0.1, -0.05) is 0 Å². The lowest BCUT2D eigenvalue weighted by atomic mass is 10.1. The van der Waals surface area contributed by atoms with E-state index in [1.807, 2.05) is 0 Å². The minimum Gasteiger partial charge on any atom is -0.394 e. The number of Topliss-reactive ketones (excluding diaryl/α,β-unsaturated/α-hetero) is 2. The number of carbonyl (C=O) groups excluding carboxylic acids is 2. The number of aliphatic hydroxyl groups excluding tert-OH is 10. The maximum atomic E-state index is 10.5. The summed E-state index contributed by atoms with van der Waals surface area (Å²) in [6.45, 7) is -3.37. The van der Waals surface area contributed by atoms with Crippen LogP contribution in [0.25, 0.3) is 0 Å². The Morgan fingerprint density at radius 3 is 1.00 bits per heavy atom. The lowest BCUT2D eigenvalue weighted by molar-refractivity contribution is -0.143. The van der Waals surface area contributed by atoms with E-state index in [1.165, 1.54) is 0 Å². The summed E-state index contributed by atoms with van der Waals surface area (Å²) in [5.74, 6) is -2.01. The number of aliphatic hydroxyl groups is 10. The molecule has 0 rings (SSSR count). The molecule has 12 nitrogen and oxygen atoms in total. The summed E-state index contributed by atoms with van der Waals surface area (Å²) in [6, 6.07) is 0. The van der Waals surface area contributed by atoms with E-state index < -0.39 is 74.6 Å². The second-order valence-electron chi connectivity index (χ2n) is 4.62. The molecule has 144 valence electrons. The smallest absolute Gasteiger partial charge is 0.189 e. The summed E-state index contributed by atoms with van der Waals surface area (Å²) in [7, 11) is 0. The zero-order chi connectivity index (χ0) is 19.4. The number of hydrogen-bond donors (Lipinski definition) is 10. The Labute approximate surface area is 136 Å². The van der Waals surface area contributed by atoms with Crippen LogP contribution in [0.5, 0.6) is 0 Å². The van der Waals surface area contributed by atoms with Crippen molar-refractivity contribution in [1.29, 1.82) is 0 Å². The molecule has 0 aromatic heterocycles. The van der Waals surface area contributed by atoms with Gasteiger partial charge in [-0.15, -0.1) is 0 Å². The van der Waals surface area contributed by atoms with Crippen LogP contribution in [-0.4, -0.2) is 126 Å². The molecule has 0 aromatic rings. The molecule has 0 amide bonds. The number of ketones is 2. The lowest BCUT2D eigenvalue weighted by Crippen LogP contribution is -2.44. The highest BCUT2D eigenvalue weighted by Gasteiger charge is 2.29. The van der Waals surface area contributed by atoms with Crippen molar-refractivity contribution in [3.63, 3.8) is 0 Å². The number of carbonyl (C=O) groups is 2. The second kappa shape index (κ2) is 13.3. The lowest BCUT2D eigenvalue weighted by Gasteiger charge is -2.19. The summed E-state index contributed by atoms with van der Waals surface area (Å²) < 4.78 is 0. The van der Waals surface area contributed by atoms with Crippen molar-refractivity contribution in [1.82, 2.24) is 0 Å². The van der Waals surface area contributed by atoms with Crippen LogP contribution in [0.4, 0.5) is 0 Å². The largest absolute Gasteiger partial charge is 0.394 e. The Bertz CT molecular complexity index is 328. The predicted octanol–water partition coefficient (Wildman–Crippen LogP) is -6.75. The van der Waals surface area contributed by atoms with Gasteiger partial charge in [0, 0.05) is 0 Å². The van der Waals surface area contributed by atoms with E-state index in [1.54, 1.807) is 0 Å². The van der Waals surface area contributed by atoms with Gasteiger partial charge in [-0.3, -0.25) is 9.59 Å². The zero-order valence-electron chi connectivity index (χ0n) is 12.6. The fraction of sp³-hybridized carbons (Fsp3) is 0.833. The molecule has 24 heavy (non-hydrogen) atoms. The van der Waals surface area contributed by atoms with Crippen molar-refractivity contribution >= 4 is 11.6 Å². The third-order valence-corrected chi connectivity index (χ3v) is 2.78. The van der Waals surface area contributed by atoms with Crippen LogP contribution in [-0.2, 0) is 9.59 Å². The van der Waals surface area contributed by atoms with E-state index in [2.05, 4.69) is 0 Å². The van der Waals surface area contributed by atoms with Crippen LogP contribution < -0.4 is 0 Å². The molecule has 12 heteroatoms. The molecule has 0 aromatic carbocycles. The third kappa shape index (κ3) is 8.70. The maximum absolute atomic E-state index is 10.5. The first-order valence-electron chi connectivity index (χ1n) is 6.66. The fourth-order valence-electron chi connectivity index (χ4n) is 1.20. The van der Waals surface area contributed by atoms with Gasteiger partial charge in [0.25, 0.3) is 0 Å². The summed E-state index contributed by atoms with van der Waals surface area (Å²) in [4.78, 5) is 21.0. The molecule has 0 aliphatic rings. The summed E-state index contributed by atoms with van der Waals surface area (Å²) in [6.07, 6.45) is -10.4. The minimum atomic E-state index is -1.86. The molecule has 10 N–H and O–H groups in total. The van der Waals surface area contributed by atoms with E-state index in [9.17, 15) is 9.59 Å². The summed E-state index contributed by atoms with van der Waals surface area (Å²) in [5.41, 5.74) is 0. The highest BCUT2D eigenvalue weighted by atomic mass is 16.4. The summed E-state index contributed by atoms with van der Waals surface area (Å²) >= 11 is 0. The standard InChI is InChI=1S/2C6H12O6/c2*7-1-3(9)5(11)6(12)4(10)2-8/h2*3,5-9,11-12H,1-2H2/t3-,5+,6+;3-,5-,6-/m01/s1. The van der Waals surface area contributed by atoms with Crippen LogP contribution >= 0.6 is 0 Å². The molecule has 0 fully saturated rings. The molecule has 0 saturated carbocycles. The van der Waals surface area contributed by atoms with Gasteiger partial charge >= 0.3 is 0 Å². The van der Waals surface area contributed by atoms with E-state index in [0.717, 1.165) is 0 Å². The molecule has 0 saturated heterocycles. The second-order valence-corrected chi connectivity index (χ2v) is 4.62. The Morgan fingerprint density at radius 2 is 0.833 bits per heavy atom. The fourth-order valence-corrected chi connectivity index (χ4v) is 1.20. The van der Waals surface area contributed by atoms with Gasteiger partial charge in [0.15, 0.2) is 11.6 Å². The van der Waals surface area contributed by atoms with Crippen LogP contribution in [0.2, 0.25) is 0 Å². The molecule has 0 spiro atoms. The van der Waals surface area contributed by atoms with Gasteiger partial charge in [0.2, 0.25) is 0 Å². The molecule has 0 heterocycles. The molecule has 0 unspecified atom stereocenters. The number of rotatable bonds is 10. The first kappa shape index (κ1) is 25.2. The van der Waals surface area contributed by atoms with Gasteiger partial charge in [0.05, 0.1) is 13.2 Å². The Kier molecular flexibility index (Phi) is 13.9. The number of hydrogen-bond acceptors (Lipinski definition) is 12. The van der Waals surface area contributed by atoms with Crippen LogP contribution in [0.1, 0.15) is 0 Å². The summed E-state index contributed by atoms with van der Waals surface area (Å²) in [5, 5.41) is 86.1. The van der Waals surface area contributed by atoms with Gasteiger partial charge in [-0.25, -0.2) is 0 Å². The van der Waals surface area contributed by atoms with Crippen molar-refractivity contribution in [2.24, 2.45) is 0 Å². The van der Waals surface area contributed by atoms with Gasteiger partial charge in [-0.05, 0) is 0 Å². The van der Waals surface area contributed by atoms with Crippen molar-refractivity contribution in [2.45, 2.75) is 36.6 Å². The zero-order valence-corrected chi connectivity index (χ0v) is 12.6. The Balaban J connectivity index is 0. The maximum Gasteiger partial charge on any atom is 0.189 e. The highest BCUT2D eigenvalue weighted by Crippen LogP contribution is 2.01. The Morgan fingerprint density at radius 1 is 0.583 bits per heavy atom. The van der Waals surface area contributed by atoms with Crippen LogP contribution in [0.3, 0.4) is 0 Å². The quantitative estimate of drug-likeness (QED) is 0.175. The minimum absolute atomic E-state index is 0.767. The molecule has 0 radical (unpaired) electrons. The van der Waals surface area contributed by atoms with E-state index in [0.29, 0.717) is 0 Å². The normalized spacial score (nSPS) is 18.4. The molecule has 0 aliphatic carbocycles. The molecular formula is C12H24O12. The predicted molar refractivity (Wildman–Crippen MR) is 74.4 cm³/mol. The van der Waals surface area contributed by atoms with Crippen molar-refractivity contribution < 1.29 is 60.7 Å². The molecule has 0 bridgehead atoms. The topological polar surface area (TPSA) is 236 Å². The van der Waals surface area contributed by atoms with Crippen molar-refractivity contribution in [2.75, 3.05) is 26.4 Å². The SMILES string of the molecule is O=C(CO)[C@@H](O)[C@H](O)[C@@H](O)CO.O=C(CO)[C@@H](O)[C@H](O)[C@H](O)CO. The average Bonchev–Trinajstić information content (AvgIpc) is 2.62. The molecular weight excluding hydrogens is 336 g/mol. The first-order chi connectivity index (χ1) is 11.1. The monoisotopic (exact) mass is 360 g/mol. The van der Waals surface area contributed by atoms with Gasteiger partial charge < -0.3 is 51.1 Å². The van der Waals surface area contributed by atoms with E-state index in [4.69, 9.17) is 51.1 Å². The average molecular weight is 360 g/mol. The van der Waals surface area contributed by atoms with Crippen molar-refractivity contribution in [3.8, 4) is 0 Å². The third-order valence-electron chi connectivity index (χ3n) is 2.78. The van der Waals surface area contributed by atoms with E-state index in [-0.39, 0.29) is 0 Å². The van der Waals surface area contributed by atoms with Crippen LogP contribution in [0.15, 0.2) is 0 Å². The Hall–Kier alpha value is -1.06. The van der Waals surface area contributed by atoms with E-state index >= 15 is 0 Å². The highest BCUT2D eigenvalue weighted by molar-refractivity contribution is 5.84. The van der Waals surface area contributed by atoms with Crippen molar-refractivity contribution in [3.05, 3.63) is 0 Å².